The van der Waals surface area contributed by atoms with Gasteiger partial charge in [0.15, 0.2) is 0 Å². The summed E-state index contributed by atoms with van der Waals surface area (Å²) < 4.78 is 26.6. The first kappa shape index (κ1) is 11.0. The van der Waals surface area contributed by atoms with E-state index in [-0.39, 0.29) is 0 Å². The highest BCUT2D eigenvalue weighted by molar-refractivity contribution is 8.02. The van der Waals surface area contributed by atoms with Gasteiger partial charge in [-0.1, -0.05) is 48.5 Å². The molecule has 90 valence electrons. The third-order valence-electron chi connectivity index (χ3n) is 2.82. The van der Waals surface area contributed by atoms with Gasteiger partial charge in [-0.2, -0.15) is 0 Å². The van der Waals surface area contributed by atoms with Crippen molar-refractivity contribution in [3.63, 3.8) is 0 Å². The molecule has 1 N–H and O–H groups in total. The molecule has 3 rings (SSSR count). The highest BCUT2D eigenvalue weighted by Crippen LogP contribution is 2.37. The summed E-state index contributed by atoms with van der Waals surface area (Å²) in [6.45, 7) is 0. The van der Waals surface area contributed by atoms with Crippen molar-refractivity contribution in [1.29, 1.82) is 0 Å². The van der Waals surface area contributed by atoms with Gasteiger partial charge in [0, 0.05) is 5.56 Å². The molecule has 0 amide bonds. The van der Waals surface area contributed by atoms with Crippen molar-refractivity contribution in [2.75, 3.05) is 4.72 Å². The lowest BCUT2D eigenvalue weighted by Crippen LogP contribution is -2.05. The van der Waals surface area contributed by atoms with Crippen LogP contribution < -0.4 is 4.72 Å². The van der Waals surface area contributed by atoms with Gasteiger partial charge < -0.3 is 0 Å². The molecule has 2 aromatic rings. The molecule has 1 heterocycles. The van der Waals surface area contributed by atoms with Crippen LogP contribution in [0.25, 0.3) is 11.0 Å². The Balaban J connectivity index is 2.19. The van der Waals surface area contributed by atoms with Gasteiger partial charge in [-0.05, 0) is 17.7 Å². The number of para-hydroxylation sites is 1. The Morgan fingerprint density at radius 2 is 1.56 bits per heavy atom. The maximum atomic E-state index is 12.0. The van der Waals surface area contributed by atoms with Crippen LogP contribution in [0.3, 0.4) is 0 Å². The van der Waals surface area contributed by atoms with Crippen molar-refractivity contribution in [3.05, 3.63) is 65.7 Å². The first-order chi connectivity index (χ1) is 8.67. The first-order valence-corrected chi connectivity index (χ1v) is 7.04. The number of fused-ring (bicyclic) bond motifs is 1. The predicted octanol–water partition coefficient (Wildman–Crippen LogP) is 2.94. The quantitative estimate of drug-likeness (QED) is 0.853. The fourth-order valence-corrected chi connectivity index (χ4v) is 3.32. The standard InChI is InChI=1S/C14H11NO2S/c16-18(17)14(10-11-6-2-1-3-7-11)12-8-4-5-9-13(12)15-18/h1-10,15H. The largest absolute Gasteiger partial charge is 0.279 e. The second-order valence-electron chi connectivity index (χ2n) is 4.07. The summed E-state index contributed by atoms with van der Waals surface area (Å²) in [6.07, 6.45) is 1.69. The van der Waals surface area contributed by atoms with E-state index in [1.165, 1.54) is 0 Å². The monoisotopic (exact) mass is 257 g/mol. The fraction of sp³-hybridized carbons (Fsp3) is 0. The molecule has 0 saturated carbocycles. The Hall–Kier alpha value is -2.07. The zero-order valence-corrected chi connectivity index (χ0v) is 10.3. The molecule has 0 spiro atoms. The van der Waals surface area contributed by atoms with E-state index in [4.69, 9.17) is 0 Å². The van der Waals surface area contributed by atoms with E-state index < -0.39 is 10.0 Å². The Bertz CT molecular complexity index is 718. The lowest BCUT2D eigenvalue weighted by atomic mass is 10.1. The summed E-state index contributed by atoms with van der Waals surface area (Å²) in [6, 6.07) is 16.6. The normalized spacial score (nSPS) is 18.3. The predicted molar refractivity (Wildman–Crippen MR) is 73.3 cm³/mol. The van der Waals surface area contributed by atoms with Gasteiger partial charge in [-0.3, -0.25) is 4.72 Å². The topological polar surface area (TPSA) is 46.2 Å². The van der Waals surface area contributed by atoms with Crippen LogP contribution in [0.15, 0.2) is 54.6 Å². The van der Waals surface area contributed by atoms with Crippen LogP contribution in [-0.2, 0) is 10.0 Å². The molecule has 2 aromatic carbocycles. The molecule has 0 aromatic heterocycles. The van der Waals surface area contributed by atoms with Crippen molar-refractivity contribution in [3.8, 4) is 0 Å². The third kappa shape index (κ3) is 1.80. The van der Waals surface area contributed by atoms with E-state index in [1.807, 2.05) is 48.5 Å². The molecule has 0 radical (unpaired) electrons. The Morgan fingerprint density at radius 3 is 2.33 bits per heavy atom. The number of hydrogen-bond acceptors (Lipinski definition) is 2. The number of hydrogen-bond donors (Lipinski definition) is 1. The average molecular weight is 257 g/mol. The maximum Gasteiger partial charge on any atom is 0.262 e. The zero-order chi connectivity index (χ0) is 12.6. The summed E-state index contributed by atoms with van der Waals surface area (Å²) in [7, 11) is -3.43. The molecule has 1 aliphatic heterocycles. The van der Waals surface area contributed by atoms with Crippen LogP contribution in [0.5, 0.6) is 0 Å². The minimum absolute atomic E-state index is 0.323. The summed E-state index contributed by atoms with van der Waals surface area (Å²) in [5.41, 5.74) is 2.23. The zero-order valence-electron chi connectivity index (χ0n) is 9.50. The minimum atomic E-state index is -3.43. The van der Waals surface area contributed by atoms with Gasteiger partial charge in [-0.25, -0.2) is 8.42 Å². The number of rotatable bonds is 1. The summed E-state index contributed by atoms with van der Waals surface area (Å²) in [4.78, 5) is 0.323. The molecule has 0 bridgehead atoms. The average Bonchev–Trinajstić information content (AvgIpc) is 2.62. The van der Waals surface area contributed by atoms with Crippen LogP contribution in [0.4, 0.5) is 5.69 Å². The minimum Gasteiger partial charge on any atom is -0.279 e. The van der Waals surface area contributed by atoms with Gasteiger partial charge in [0.1, 0.15) is 0 Å². The second kappa shape index (κ2) is 3.99. The molecule has 0 aliphatic carbocycles. The van der Waals surface area contributed by atoms with Crippen molar-refractivity contribution < 1.29 is 8.42 Å². The molecular weight excluding hydrogens is 246 g/mol. The van der Waals surface area contributed by atoms with E-state index in [1.54, 1.807) is 12.1 Å². The lowest BCUT2D eigenvalue weighted by Gasteiger charge is -1.98. The van der Waals surface area contributed by atoms with Gasteiger partial charge >= 0.3 is 0 Å². The highest BCUT2D eigenvalue weighted by atomic mass is 32.2. The van der Waals surface area contributed by atoms with E-state index in [9.17, 15) is 8.42 Å². The highest BCUT2D eigenvalue weighted by Gasteiger charge is 2.29. The SMILES string of the molecule is O=S1(=O)Nc2ccccc2C1=Cc1ccccc1. The smallest absolute Gasteiger partial charge is 0.262 e. The summed E-state index contributed by atoms with van der Waals surface area (Å²) >= 11 is 0. The van der Waals surface area contributed by atoms with Crippen LogP contribution >= 0.6 is 0 Å². The van der Waals surface area contributed by atoms with Gasteiger partial charge in [0.2, 0.25) is 0 Å². The summed E-state index contributed by atoms with van der Waals surface area (Å²) in [5.74, 6) is 0. The molecule has 0 fully saturated rings. The molecule has 18 heavy (non-hydrogen) atoms. The number of benzene rings is 2. The van der Waals surface area contributed by atoms with E-state index >= 15 is 0 Å². The van der Waals surface area contributed by atoms with Gasteiger partial charge in [0.05, 0.1) is 10.6 Å². The molecule has 0 unspecified atom stereocenters. The molecular formula is C14H11NO2S. The van der Waals surface area contributed by atoms with Crippen molar-refractivity contribution in [2.45, 2.75) is 0 Å². The lowest BCUT2D eigenvalue weighted by molar-refractivity contribution is 0.611. The first-order valence-electron chi connectivity index (χ1n) is 5.56. The number of sulfonamides is 1. The van der Waals surface area contributed by atoms with Crippen molar-refractivity contribution in [1.82, 2.24) is 0 Å². The van der Waals surface area contributed by atoms with E-state index in [0.29, 0.717) is 10.6 Å². The van der Waals surface area contributed by atoms with Crippen LogP contribution in [0.1, 0.15) is 11.1 Å². The molecule has 0 atom stereocenters. The van der Waals surface area contributed by atoms with Gasteiger partial charge in [-0.15, -0.1) is 0 Å². The molecule has 3 nitrogen and oxygen atoms in total. The Morgan fingerprint density at radius 1 is 0.889 bits per heavy atom. The number of nitrogens with one attached hydrogen (secondary N) is 1. The number of anilines is 1. The Kier molecular flexibility index (Phi) is 2.45. The molecule has 0 saturated heterocycles. The second-order valence-corrected chi connectivity index (χ2v) is 5.72. The fourth-order valence-electron chi connectivity index (χ4n) is 1.99. The van der Waals surface area contributed by atoms with Crippen molar-refractivity contribution in [2.24, 2.45) is 0 Å². The molecule has 1 aliphatic rings. The maximum absolute atomic E-state index is 12.0. The van der Waals surface area contributed by atoms with Gasteiger partial charge in [0.25, 0.3) is 10.0 Å². The van der Waals surface area contributed by atoms with E-state index in [0.717, 1.165) is 11.1 Å². The summed E-state index contributed by atoms with van der Waals surface area (Å²) in [5, 5.41) is 0. The molecule has 4 heteroatoms. The Labute approximate surface area is 106 Å². The van der Waals surface area contributed by atoms with Crippen molar-refractivity contribution >= 4 is 26.7 Å². The van der Waals surface area contributed by atoms with Crippen LogP contribution in [-0.4, -0.2) is 8.42 Å². The van der Waals surface area contributed by atoms with E-state index in [2.05, 4.69) is 4.72 Å². The van der Waals surface area contributed by atoms with Crippen LogP contribution in [0, 0.1) is 0 Å². The third-order valence-corrected chi connectivity index (χ3v) is 4.23. The van der Waals surface area contributed by atoms with Crippen LogP contribution in [0.2, 0.25) is 0 Å².